The maximum atomic E-state index is 11.6. The average Bonchev–Trinajstić information content (AvgIpc) is 2.71. The minimum atomic E-state index is -1.34. The number of carboxylic acid groups (broad SMARTS) is 1. The van der Waals surface area contributed by atoms with Crippen LogP contribution in [0, 0.1) is 0 Å². The molecule has 9 heteroatoms. The van der Waals surface area contributed by atoms with E-state index in [2.05, 4.69) is 20.9 Å². The SMILES string of the molecule is O=C(N[C@H](CO)C(=O)O)c1cn(C2CNC2)nn1. The molecular formula is C9H13N5O4. The third-order valence-corrected chi connectivity index (χ3v) is 2.66. The van der Waals surface area contributed by atoms with Crippen molar-refractivity contribution in [2.75, 3.05) is 19.7 Å². The maximum absolute atomic E-state index is 11.6. The standard InChI is InChI=1S/C9H13N5O4/c15-4-7(9(17)18)11-8(16)6-3-14(13-12-6)5-1-10-2-5/h3,5,7,10,15H,1-2,4H2,(H,11,16)(H,17,18)/t7-/m1/s1. The second-order valence-corrected chi connectivity index (χ2v) is 3.94. The van der Waals surface area contributed by atoms with Crippen LogP contribution in [0.25, 0.3) is 0 Å². The molecule has 1 saturated heterocycles. The summed E-state index contributed by atoms with van der Waals surface area (Å²) in [7, 11) is 0. The number of aliphatic hydroxyl groups excluding tert-OH is 1. The minimum Gasteiger partial charge on any atom is -0.480 e. The van der Waals surface area contributed by atoms with Crippen LogP contribution < -0.4 is 10.6 Å². The van der Waals surface area contributed by atoms with Crippen LogP contribution in [-0.2, 0) is 4.79 Å². The van der Waals surface area contributed by atoms with E-state index in [4.69, 9.17) is 10.2 Å². The molecular weight excluding hydrogens is 242 g/mol. The molecule has 0 spiro atoms. The van der Waals surface area contributed by atoms with Crippen molar-refractivity contribution in [1.29, 1.82) is 0 Å². The molecule has 1 aliphatic rings. The van der Waals surface area contributed by atoms with Crippen LogP contribution in [-0.4, -0.2) is 62.8 Å². The topological polar surface area (TPSA) is 129 Å². The molecule has 0 radical (unpaired) electrons. The van der Waals surface area contributed by atoms with Crippen LogP contribution in [0.2, 0.25) is 0 Å². The molecule has 1 aromatic heterocycles. The van der Waals surface area contributed by atoms with E-state index in [-0.39, 0.29) is 11.7 Å². The van der Waals surface area contributed by atoms with Crippen molar-refractivity contribution in [3.63, 3.8) is 0 Å². The average molecular weight is 255 g/mol. The van der Waals surface area contributed by atoms with E-state index in [1.807, 2.05) is 0 Å². The van der Waals surface area contributed by atoms with Crippen LogP contribution in [0.15, 0.2) is 6.20 Å². The third kappa shape index (κ3) is 2.46. The van der Waals surface area contributed by atoms with Crippen molar-refractivity contribution >= 4 is 11.9 Å². The highest BCUT2D eigenvalue weighted by Crippen LogP contribution is 2.09. The Balaban J connectivity index is 1.99. The molecule has 1 fully saturated rings. The van der Waals surface area contributed by atoms with Crippen molar-refractivity contribution < 1.29 is 19.8 Å². The molecule has 98 valence electrons. The van der Waals surface area contributed by atoms with Gasteiger partial charge in [-0.1, -0.05) is 5.21 Å². The Morgan fingerprint density at radius 2 is 2.33 bits per heavy atom. The lowest BCUT2D eigenvalue weighted by molar-refractivity contribution is -0.140. The summed E-state index contributed by atoms with van der Waals surface area (Å²) in [6, 6.07) is -1.17. The van der Waals surface area contributed by atoms with E-state index in [1.165, 1.54) is 6.20 Å². The zero-order chi connectivity index (χ0) is 13.1. The number of carboxylic acids is 1. The summed E-state index contributed by atoms with van der Waals surface area (Å²) in [6.07, 6.45) is 1.46. The predicted molar refractivity (Wildman–Crippen MR) is 57.9 cm³/mol. The Labute approximate surface area is 102 Å². The number of rotatable bonds is 5. The number of aliphatic hydroxyl groups is 1. The lowest BCUT2D eigenvalue weighted by Gasteiger charge is -2.26. The number of nitrogens with one attached hydrogen (secondary N) is 2. The van der Waals surface area contributed by atoms with Crippen molar-refractivity contribution in [3.8, 4) is 0 Å². The van der Waals surface area contributed by atoms with Gasteiger partial charge in [0.15, 0.2) is 11.7 Å². The van der Waals surface area contributed by atoms with E-state index in [9.17, 15) is 9.59 Å². The number of carbonyl (C=O) groups is 2. The molecule has 1 atom stereocenters. The van der Waals surface area contributed by atoms with Gasteiger partial charge in [0.05, 0.1) is 18.8 Å². The number of aliphatic carboxylic acids is 1. The lowest BCUT2D eigenvalue weighted by Crippen LogP contribution is -2.44. The van der Waals surface area contributed by atoms with Crippen molar-refractivity contribution in [3.05, 3.63) is 11.9 Å². The smallest absolute Gasteiger partial charge is 0.328 e. The zero-order valence-electron chi connectivity index (χ0n) is 9.41. The molecule has 0 unspecified atom stereocenters. The first-order valence-corrected chi connectivity index (χ1v) is 5.39. The summed E-state index contributed by atoms with van der Waals surface area (Å²) in [4.78, 5) is 22.3. The summed E-state index contributed by atoms with van der Waals surface area (Å²) >= 11 is 0. The molecule has 18 heavy (non-hydrogen) atoms. The number of aromatic nitrogens is 3. The molecule has 2 heterocycles. The van der Waals surface area contributed by atoms with Crippen molar-refractivity contribution in [2.45, 2.75) is 12.1 Å². The largest absolute Gasteiger partial charge is 0.480 e. The summed E-state index contributed by atoms with van der Waals surface area (Å²) < 4.78 is 1.56. The summed E-state index contributed by atoms with van der Waals surface area (Å²) in [6.45, 7) is 0.847. The molecule has 9 nitrogen and oxygen atoms in total. The van der Waals surface area contributed by atoms with Gasteiger partial charge >= 0.3 is 5.97 Å². The first-order valence-electron chi connectivity index (χ1n) is 5.39. The summed E-state index contributed by atoms with van der Waals surface area (Å²) in [5.74, 6) is -1.98. The summed E-state index contributed by atoms with van der Waals surface area (Å²) in [5.41, 5.74) is 0.0293. The second kappa shape index (κ2) is 5.10. The molecule has 0 aromatic carbocycles. The van der Waals surface area contributed by atoms with Crippen LogP contribution in [0.3, 0.4) is 0 Å². The van der Waals surface area contributed by atoms with Crippen LogP contribution in [0.1, 0.15) is 16.5 Å². The Hall–Kier alpha value is -2.00. The highest BCUT2D eigenvalue weighted by molar-refractivity contribution is 5.94. The molecule has 0 bridgehead atoms. The summed E-state index contributed by atoms with van der Waals surface area (Å²) in [5, 5.41) is 30.1. The van der Waals surface area contributed by atoms with Crippen LogP contribution in [0.4, 0.5) is 0 Å². The highest BCUT2D eigenvalue weighted by Gasteiger charge is 2.24. The Kier molecular flexibility index (Phi) is 3.53. The van der Waals surface area contributed by atoms with E-state index in [0.29, 0.717) is 0 Å². The number of carbonyl (C=O) groups excluding carboxylic acids is 1. The van der Waals surface area contributed by atoms with Crippen LogP contribution in [0.5, 0.6) is 0 Å². The molecule has 4 N–H and O–H groups in total. The lowest BCUT2D eigenvalue weighted by atomic mass is 10.2. The Morgan fingerprint density at radius 1 is 1.61 bits per heavy atom. The van der Waals surface area contributed by atoms with E-state index in [1.54, 1.807) is 4.68 Å². The predicted octanol–water partition coefficient (Wildman–Crippen LogP) is -2.40. The minimum absolute atomic E-state index is 0.0293. The van der Waals surface area contributed by atoms with Gasteiger partial charge in [0.2, 0.25) is 0 Å². The maximum Gasteiger partial charge on any atom is 0.328 e. The Bertz CT molecular complexity index is 456. The van der Waals surface area contributed by atoms with Gasteiger partial charge in [-0.05, 0) is 0 Å². The number of nitrogens with zero attached hydrogens (tertiary/aromatic N) is 3. The van der Waals surface area contributed by atoms with Gasteiger partial charge in [-0.25, -0.2) is 9.48 Å². The number of hydrogen-bond acceptors (Lipinski definition) is 6. The Morgan fingerprint density at radius 3 is 2.83 bits per heavy atom. The fourth-order valence-electron chi connectivity index (χ4n) is 1.44. The van der Waals surface area contributed by atoms with Gasteiger partial charge < -0.3 is 20.8 Å². The van der Waals surface area contributed by atoms with E-state index in [0.717, 1.165) is 13.1 Å². The van der Waals surface area contributed by atoms with Crippen LogP contribution >= 0.6 is 0 Å². The molecule has 0 aliphatic carbocycles. The normalized spacial score (nSPS) is 16.9. The molecule has 1 aromatic rings. The van der Waals surface area contributed by atoms with Gasteiger partial charge in [-0.2, -0.15) is 0 Å². The number of hydrogen-bond donors (Lipinski definition) is 4. The number of amides is 1. The molecule has 1 aliphatic heterocycles. The van der Waals surface area contributed by atoms with E-state index < -0.39 is 24.5 Å². The van der Waals surface area contributed by atoms with Crippen molar-refractivity contribution in [2.24, 2.45) is 0 Å². The van der Waals surface area contributed by atoms with Crippen molar-refractivity contribution in [1.82, 2.24) is 25.6 Å². The quantitative estimate of drug-likeness (QED) is 0.461. The van der Waals surface area contributed by atoms with Gasteiger partial charge in [-0.3, -0.25) is 4.79 Å². The fourth-order valence-corrected chi connectivity index (χ4v) is 1.44. The fraction of sp³-hybridized carbons (Fsp3) is 0.556. The monoisotopic (exact) mass is 255 g/mol. The van der Waals surface area contributed by atoms with Gasteiger partial charge in [0, 0.05) is 13.1 Å². The zero-order valence-corrected chi connectivity index (χ0v) is 9.41. The second-order valence-electron chi connectivity index (χ2n) is 3.94. The molecule has 2 rings (SSSR count). The first kappa shape index (κ1) is 12.5. The molecule has 1 amide bonds. The highest BCUT2D eigenvalue weighted by atomic mass is 16.4. The molecule has 0 saturated carbocycles. The third-order valence-electron chi connectivity index (χ3n) is 2.66. The van der Waals surface area contributed by atoms with Gasteiger partial charge in [0.1, 0.15) is 0 Å². The van der Waals surface area contributed by atoms with E-state index >= 15 is 0 Å². The van der Waals surface area contributed by atoms with Gasteiger partial charge in [-0.15, -0.1) is 5.10 Å². The first-order chi connectivity index (χ1) is 8.61. The van der Waals surface area contributed by atoms with Gasteiger partial charge in [0.25, 0.3) is 5.91 Å².